The summed E-state index contributed by atoms with van der Waals surface area (Å²) in [6.45, 7) is 3.15. The molecule has 1 unspecified atom stereocenters. The average Bonchev–Trinajstić information content (AvgIpc) is 2.30. The highest BCUT2D eigenvalue weighted by atomic mass is 16.2. The predicted molar refractivity (Wildman–Crippen MR) is 64.3 cm³/mol. The van der Waals surface area contributed by atoms with Crippen molar-refractivity contribution in [1.82, 2.24) is 15.5 Å². The number of carbonyl (C=O) groups is 1. The first-order chi connectivity index (χ1) is 7.75. The molecule has 92 valence electrons. The molecule has 2 aliphatic rings. The monoisotopic (exact) mass is 225 g/mol. The second kappa shape index (κ2) is 5.64. The standard InChI is InChI=1S/C12H23N3O/c1-15-8-4-5-10(9-15)14-12(16)11-6-2-3-7-13-11/h10-11,13H,2-9H2,1H3,(H,14,16)/t10?,11-/m0/s1. The number of likely N-dealkylation sites (tertiary alicyclic amines) is 1. The predicted octanol–water partition coefficient (Wildman–Crippen LogP) is 0.339. The van der Waals surface area contributed by atoms with Crippen molar-refractivity contribution in [2.24, 2.45) is 0 Å². The molecule has 2 rings (SSSR count). The lowest BCUT2D eigenvalue weighted by Crippen LogP contribution is -2.53. The van der Waals surface area contributed by atoms with Gasteiger partial charge < -0.3 is 15.5 Å². The molecule has 4 nitrogen and oxygen atoms in total. The second-order valence-electron chi connectivity index (χ2n) is 5.11. The number of nitrogens with zero attached hydrogens (tertiary/aromatic N) is 1. The van der Waals surface area contributed by atoms with Crippen molar-refractivity contribution in [2.45, 2.75) is 44.2 Å². The summed E-state index contributed by atoms with van der Waals surface area (Å²) in [6, 6.07) is 0.413. The summed E-state index contributed by atoms with van der Waals surface area (Å²) < 4.78 is 0. The molecule has 0 aromatic rings. The van der Waals surface area contributed by atoms with Crippen molar-refractivity contribution in [1.29, 1.82) is 0 Å². The first kappa shape index (κ1) is 11.9. The van der Waals surface area contributed by atoms with Crippen LogP contribution in [0.25, 0.3) is 0 Å². The Morgan fingerprint density at radius 2 is 2.19 bits per heavy atom. The third kappa shape index (κ3) is 3.19. The summed E-state index contributed by atoms with van der Waals surface area (Å²) >= 11 is 0. The van der Waals surface area contributed by atoms with Gasteiger partial charge in [0, 0.05) is 12.6 Å². The summed E-state index contributed by atoms with van der Waals surface area (Å²) in [7, 11) is 2.12. The van der Waals surface area contributed by atoms with Crippen LogP contribution in [0.3, 0.4) is 0 Å². The first-order valence-electron chi connectivity index (χ1n) is 6.48. The molecular formula is C12H23N3O. The lowest BCUT2D eigenvalue weighted by molar-refractivity contribution is -0.124. The van der Waals surface area contributed by atoms with Crippen LogP contribution >= 0.6 is 0 Å². The molecule has 0 aromatic carbocycles. The van der Waals surface area contributed by atoms with Crippen LogP contribution in [0, 0.1) is 0 Å². The van der Waals surface area contributed by atoms with E-state index in [1.165, 1.54) is 19.3 Å². The molecular weight excluding hydrogens is 202 g/mol. The Bertz CT molecular complexity index is 238. The molecule has 0 radical (unpaired) electrons. The highest BCUT2D eigenvalue weighted by molar-refractivity contribution is 5.82. The molecule has 2 heterocycles. The molecule has 2 aliphatic heterocycles. The van der Waals surface area contributed by atoms with Crippen molar-refractivity contribution >= 4 is 5.91 Å². The summed E-state index contributed by atoms with van der Waals surface area (Å²) in [5, 5.41) is 6.47. The SMILES string of the molecule is CN1CCCC(NC(=O)[C@@H]2CCCCN2)C1. The average molecular weight is 225 g/mol. The number of piperidine rings is 2. The van der Waals surface area contributed by atoms with Gasteiger partial charge in [0.25, 0.3) is 0 Å². The molecule has 2 atom stereocenters. The lowest BCUT2D eigenvalue weighted by atomic mass is 10.0. The Morgan fingerprint density at radius 1 is 1.31 bits per heavy atom. The fourth-order valence-electron chi connectivity index (χ4n) is 2.66. The van der Waals surface area contributed by atoms with Gasteiger partial charge in [0.2, 0.25) is 5.91 Å². The highest BCUT2D eigenvalue weighted by Gasteiger charge is 2.24. The van der Waals surface area contributed by atoms with Gasteiger partial charge in [-0.25, -0.2) is 0 Å². The number of carbonyl (C=O) groups excluding carboxylic acids is 1. The Morgan fingerprint density at radius 3 is 2.88 bits per heavy atom. The number of hydrogen-bond acceptors (Lipinski definition) is 3. The van der Waals surface area contributed by atoms with Crippen LogP contribution in [0.15, 0.2) is 0 Å². The lowest BCUT2D eigenvalue weighted by Gasteiger charge is -2.32. The van der Waals surface area contributed by atoms with Crippen LogP contribution in [0.2, 0.25) is 0 Å². The summed E-state index contributed by atoms with van der Waals surface area (Å²) in [5.74, 6) is 0.208. The maximum atomic E-state index is 12.0. The van der Waals surface area contributed by atoms with E-state index in [1.54, 1.807) is 0 Å². The van der Waals surface area contributed by atoms with Crippen molar-refractivity contribution in [2.75, 3.05) is 26.7 Å². The van der Waals surface area contributed by atoms with Crippen LogP contribution in [0.4, 0.5) is 0 Å². The summed E-state index contributed by atoms with van der Waals surface area (Å²) in [5.41, 5.74) is 0. The Kier molecular flexibility index (Phi) is 4.18. The molecule has 2 N–H and O–H groups in total. The maximum Gasteiger partial charge on any atom is 0.237 e. The van der Waals surface area contributed by atoms with Gasteiger partial charge in [-0.15, -0.1) is 0 Å². The first-order valence-corrected chi connectivity index (χ1v) is 6.48. The summed E-state index contributed by atoms with van der Waals surface area (Å²) in [6.07, 6.45) is 5.70. The van der Waals surface area contributed by atoms with Crippen LogP contribution in [0.1, 0.15) is 32.1 Å². The maximum absolute atomic E-state index is 12.0. The zero-order chi connectivity index (χ0) is 11.4. The van der Waals surface area contributed by atoms with E-state index in [0.29, 0.717) is 6.04 Å². The molecule has 2 fully saturated rings. The van der Waals surface area contributed by atoms with E-state index in [2.05, 4.69) is 22.6 Å². The van der Waals surface area contributed by atoms with E-state index >= 15 is 0 Å². The molecule has 4 heteroatoms. The van der Waals surface area contributed by atoms with E-state index in [9.17, 15) is 4.79 Å². The van der Waals surface area contributed by atoms with Gasteiger partial charge in [-0.3, -0.25) is 4.79 Å². The number of nitrogens with one attached hydrogen (secondary N) is 2. The number of rotatable bonds is 2. The van der Waals surface area contributed by atoms with Crippen molar-refractivity contribution in [3.63, 3.8) is 0 Å². The molecule has 0 bridgehead atoms. The highest BCUT2D eigenvalue weighted by Crippen LogP contribution is 2.10. The van der Waals surface area contributed by atoms with Gasteiger partial charge in [0.1, 0.15) is 0 Å². The summed E-state index contributed by atoms with van der Waals surface area (Å²) in [4.78, 5) is 14.3. The number of amides is 1. The minimum absolute atomic E-state index is 0.0565. The number of likely N-dealkylation sites (N-methyl/N-ethyl adjacent to an activating group) is 1. The van der Waals surface area contributed by atoms with Gasteiger partial charge in [0.05, 0.1) is 6.04 Å². The van der Waals surface area contributed by atoms with Crippen molar-refractivity contribution < 1.29 is 4.79 Å². The quantitative estimate of drug-likeness (QED) is 0.712. The van der Waals surface area contributed by atoms with Crippen LogP contribution < -0.4 is 10.6 Å². The molecule has 1 amide bonds. The fraction of sp³-hybridized carbons (Fsp3) is 0.917. The van der Waals surface area contributed by atoms with E-state index in [0.717, 1.165) is 32.5 Å². The molecule has 0 aromatic heterocycles. The van der Waals surface area contributed by atoms with Gasteiger partial charge >= 0.3 is 0 Å². The Labute approximate surface area is 97.8 Å². The van der Waals surface area contributed by atoms with E-state index in [-0.39, 0.29) is 11.9 Å². The van der Waals surface area contributed by atoms with Crippen LogP contribution in [-0.4, -0.2) is 49.6 Å². The minimum Gasteiger partial charge on any atom is -0.351 e. The number of hydrogen-bond donors (Lipinski definition) is 2. The molecule has 0 saturated carbocycles. The van der Waals surface area contributed by atoms with Crippen molar-refractivity contribution in [3.8, 4) is 0 Å². The van der Waals surface area contributed by atoms with Gasteiger partial charge in [-0.1, -0.05) is 6.42 Å². The normalized spacial score (nSPS) is 32.3. The molecule has 0 aliphatic carbocycles. The van der Waals surface area contributed by atoms with Gasteiger partial charge in [-0.05, 0) is 45.8 Å². The zero-order valence-corrected chi connectivity index (χ0v) is 10.2. The van der Waals surface area contributed by atoms with E-state index in [4.69, 9.17) is 0 Å². The fourth-order valence-corrected chi connectivity index (χ4v) is 2.66. The van der Waals surface area contributed by atoms with E-state index in [1.807, 2.05) is 0 Å². The Hall–Kier alpha value is -0.610. The van der Waals surface area contributed by atoms with Crippen LogP contribution in [0.5, 0.6) is 0 Å². The molecule has 2 saturated heterocycles. The Balaban J connectivity index is 1.77. The topological polar surface area (TPSA) is 44.4 Å². The zero-order valence-electron chi connectivity index (χ0n) is 10.2. The van der Waals surface area contributed by atoms with E-state index < -0.39 is 0 Å². The smallest absolute Gasteiger partial charge is 0.237 e. The molecule has 0 spiro atoms. The minimum atomic E-state index is 0.0565. The van der Waals surface area contributed by atoms with Gasteiger partial charge in [-0.2, -0.15) is 0 Å². The van der Waals surface area contributed by atoms with Crippen molar-refractivity contribution in [3.05, 3.63) is 0 Å². The third-order valence-electron chi connectivity index (χ3n) is 3.60. The van der Waals surface area contributed by atoms with Gasteiger partial charge in [0.15, 0.2) is 0 Å². The second-order valence-corrected chi connectivity index (χ2v) is 5.11. The third-order valence-corrected chi connectivity index (χ3v) is 3.60. The largest absolute Gasteiger partial charge is 0.351 e. The van der Waals surface area contributed by atoms with Crippen LogP contribution in [-0.2, 0) is 4.79 Å². The molecule has 16 heavy (non-hydrogen) atoms.